The SMILES string of the molecule is [O-][S+]1Nc2cc(O)ccc2-c2ccc(O)cc21. The zero-order valence-corrected chi connectivity index (χ0v) is 9.49. The molecule has 1 heterocycles. The first-order valence-corrected chi connectivity index (χ1v) is 6.15. The third kappa shape index (κ3) is 1.60. The van der Waals surface area contributed by atoms with Gasteiger partial charge in [-0.2, -0.15) is 0 Å². The molecule has 1 aliphatic heterocycles. The zero-order valence-electron chi connectivity index (χ0n) is 8.68. The summed E-state index contributed by atoms with van der Waals surface area (Å²) in [6.45, 7) is 0. The number of phenols is 2. The van der Waals surface area contributed by atoms with Gasteiger partial charge >= 0.3 is 0 Å². The number of anilines is 1. The van der Waals surface area contributed by atoms with E-state index in [0.717, 1.165) is 11.1 Å². The molecule has 17 heavy (non-hydrogen) atoms. The van der Waals surface area contributed by atoms with Crippen molar-refractivity contribution >= 4 is 17.0 Å². The van der Waals surface area contributed by atoms with Crippen molar-refractivity contribution in [2.45, 2.75) is 4.90 Å². The topological polar surface area (TPSA) is 75.5 Å². The maximum atomic E-state index is 11.9. The molecule has 0 saturated carbocycles. The summed E-state index contributed by atoms with van der Waals surface area (Å²) in [5.74, 6) is 0.205. The van der Waals surface area contributed by atoms with E-state index in [2.05, 4.69) is 4.72 Å². The third-order valence-corrected chi connectivity index (χ3v) is 3.80. The summed E-state index contributed by atoms with van der Waals surface area (Å²) in [7, 11) is 0. The van der Waals surface area contributed by atoms with Gasteiger partial charge in [-0.1, -0.05) is 0 Å². The van der Waals surface area contributed by atoms with Crippen molar-refractivity contribution in [1.82, 2.24) is 0 Å². The molecule has 2 aromatic rings. The van der Waals surface area contributed by atoms with E-state index in [0.29, 0.717) is 10.6 Å². The van der Waals surface area contributed by atoms with Crippen molar-refractivity contribution in [3.8, 4) is 22.6 Å². The minimum Gasteiger partial charge on any atom is -0.588 e. The Bertz CT molecular complexity index is 600. The smallest absolute Gasteiger partial charge is 0.191 e. The van der Waals surface area contributed by atoms with Crippen LogP contribution in [0.4, 0.5) is 5.69 Å². The first-order valence-electron chi connectivity index (χ1n) is 5.00. The standard InChI is InChI=1S/C12H9NO3S/c14-7-1-3-9-10-4-2-8(15)6-12(10)17(16)13-11(9)5-7/h1-6,13-15H. The van der Waals surface area contributed by atoms with Crippen molar-refractivity contribution in [3.05, 3.63) is 36.4 Å². The minimum absolute atomic E-state index is 0.0844. The summed E-state index contributed by atoms with van der Waals surface area (Å²) in [5.41, 5.74) is 2.29. The van der Waals surface area contributed by atoms with Gasteiger partial charge in [0.15, 0.2) is 4.90 Å². The number of nitrogens with one attached hydrogen (secondary N) is 1. The predicted molar refractivity (Wildman–Crippen MR) is 65.2 cm³/mol. The van der Waals surface area contributed by atoms with E-state index < -0.39 is 11.4 Å². The summed E-state index contributed by atoms with van der Waals surface area (Å²) in [6, 6.07) is 9.61. The normalized spacial score (nSPS) is 16.9. The van der Waals surface area contributed by atoms with Gasteiger partial charge in [0, 0.05) is 23.3 Å². The second kappa shape index (κ2) is 3.58. The van der Waals surface area contributed by atoms with Crippen LogP contribution in [0.25, 0.3) is 11.1 Å². The Kier molecular flexibility index (Phi) is 2.17. The number of aromatic hydroxyl groups is 2. The Morgan fingerprint density at radius 1 is 0.941 bits per heavy atom. The van der Waals surface area contributed by atoms with E-state index in [-0.39, 0.29) is 11.5 Å². The highest BCUT2D eigenvalue weighted by atomic mass is 32.2. The lowest BCUT2D eigenvalue weighted by Crippen LogP contribution is -2.18. The summed E-state index contributed by atoms with van der Waals surface area (Å²) >= 11 is -1.42. The molecule has 3 N–H and O–H groups in total. The van der Waals surface area contributed by atoms with Gasteiger partial charge in [-0.3, -0.25) is 0 Å². The Morgan fingerprint density at radius 2 is 1.59 bits per heavy atom. The maximum absolute atomic E-state index is 11.9. The molecule has 0 bridgehead atoms. The first-order chi connectivity index (χ1) is 8.15. The van der Waals surface area contributed by atoms with E-state index >= 15 is 0 Å². The van der Waals surface area contributed by atoms with Gasteiger partial charge < -0.3 is 14.8 Å². The highest BCUT2D eigenvalue weighted by molar-refractivity contribution is 7.93. The molecule has 1 atom stereocenters. The van der Waals surface area contributed by atoms with Crippen LogP contribution in [0.2, 0.25) is 0 Å². The Morgan fingerprint density at radius 3 is 2.35 bits per heavy atom. The number of rotatable bonds is 0. The molecule has 3 rings (SSSR count). The van der Waals surface area contributed by atoms with Crippen LogP contribution in [0.3, 0.4) is 0 Å². The highest BCUT2D eigenvalue weighted by Gasteiger charge is 2.27. The lowest BCUT2D eigenvalue weighted by Gasteiger charge is -2.22. The van der Waals surface area contributed by atoms with Crippen LogP contribution < -0.4 is 4.72 Å². The van der Waals surface area contributed by atoms with Gasteiger partial charge in [0.2, 0.25) is 0 Å². The van der Waals surface area contributed by atoms with E-state index in [4.69, 9.17) is 0 Å². The van der Waals surface area contributed by atoms with Crippen LogP contribution in [0.1, 0.15) is 0 Å². The molecule has 0 saturated heterocycles. The van der Waals surface area contributed by atoms with E-state index in [9.17, 15) is 14.8 Å². The quantitative estimate of drug-likeness (QED) is 0.624. The van der Waals surface area contributed by atoms with E-state index in [1.54, 1.807) is 24.3 Å². The molecule has 4 nitrogen and oxygen atoms in total. The number of fused-ring (bicyclic) bond motifs is 3. The molecular formula is C12H9NO3S. The third-order valence-electron chi connectivity index (χ3n) is 2.66. The fourth-order valence-corrected chi connectivity index (χ4v) is 2.98. The molecule has 5 heteroatoms. The second-order valence-corrected chi connectivity index (χ2v) is 4.96. The number of hydrogen-bond donors (Lipinski definition) is 3. The molecule has 0 spiro atoms. The van der Waals surface area contributed by atoms with E-state index in [1.807, 2.05) is 0 Å². The van der Waals surface area contributed by atoms with Gasteiger partial charge in [-0.15, -0.1) is 0 Å². The maximum Gasteiger partial charge on any atom is 0.191 e. The van der Waals surface area contributed by atoms with Crippen LogP contribution >= 0.6 is 0 Å². The largest absolute Gasteiger partial charge is 0.588 e. The molecular weight excluding hydrogens is 238 g/mol. The first kappa shape index (κ1) is 10.3. The van der Waals surface area contributed by atoms with Crippen LogP contribution in [0.5, 0.6) is 11.5 Å². The fourth-order valence-electron chi connectivity index (χ4n) is 1.89. The molecule has 2 aromatic carbocycles. The van der Waals surface area contributed by atoms with Crippen LogP contribution in [-0.4, -0.2) is 14.8 Å². The summed E-state index contributed by atoms with van der Waals surface area (Å²) in [6.07, 6.45) is 0. The molecule has 1 aliphatic rings. The number of hydrogen-bond acceptors (Lipinski definition) is 4. The van der Waals surface area contributed by atoms with Crippen LogP contribution in [-0.2, 0) is 11.4 Å². The van der Waals surface area contributed by atoms with Gasteiger partial charge in [-0.05, 0) is 24.3 Å². The summed E-state index contributed by atoms with van der Waals surface area (Å²) in [4.78, 5) is 0.545. The predicted octanol–water partition coefficient (Wildman–Crippen LogP) is 2.21. The Hall–Kier alpha value is -1.85. The Balaban J connectivity index is 2.26. The minimum atomic E-state index is -1.42. The molecule has 86 valence electrons. The van der Waals surface area contributed by atoms with Gasteiger partial charge in [-0.25, -0.2) is 4.72 Å². The zero-order chi connectivity index (χ0) is 12.0. The lowest BCUT2D eigenvalue weighted by molar-refractivity contribution is 0.473. The molecule has 0 aromatic heterocycles. The molecule has 1 unspecified atom stereocenters. The monoisotopic (exact) mass is 247 g/mol. The van der Waals surface area contributed by atoms with Crippen molar-refractivity contribution in [2.75, 3.05) is 4.72 Å². The van der Waals surface area contributed by atoms with Crippen LogP contribution in [0.15, 0.2) is 41.3 Å². The summed E-state index contributed by atoms with van der Waals surface area (Å²) < 4.78 is 14.7. The van der Waals surface area contributed by atoms with Gasteiger partial charge in [0.1, 0.15) is 22.9 Å². The van der Waals surface area contributed by atoms with Crippen LogP contribution in [0, 0.1) is 0 Å². The van der Waals surface area contributed by atoms with Crippen molar-refractivity contribution in [3.63, 3.8) is 0 Å². The van der Waals surface area contributed by atoms with Crippen molar-refractivity contribution < 1.29 is 14.8 Å². The van der Waals surface area contributed by atoms with Gasteiger partial charge in [0.25, 0.3) is 0 Å². The number of benzene rings is 2. The average Bonchev–Trinajstić information content (AvgIpc) is 2.29. The van der Waals surface area contributed by atoms with Crippen molar-refractivity contribution in [2.24, 2.45) is 0 Å². The second-order valence-electron chi connectivity index (χ2n) is 3.78. The molecule has 0 aliphatic carbocycles. The fraction of sp³-hybridized carbons (Fsp3) is 0. The molecule has 0 amide bonds. The summed E-state index contributed by atoms with van der Waals surface area (Å²) in [5, 5.41) is 18.8. The van der Waals surface area contributed by atoms with Crippen molar-refractivity contribution in [1.29, 1.82) is 0 Å². The average molecular weight is 247 g/mol. The van der Waals surface area contributed by atoms with E-state index in [1.165, 1.54) is 12.1 Å². The van der Waals surface area contributed by atoms with Gasteiger partial charge in [0.05, 0.1) is 5.69 Å². The molecule has 0 fully saturated rings. The highest BCUT2D eigenvalue weighted by Crippen LogP contribution is 2.41. The number of phenolic OH excluding ortho intramolecular Hbond substituents is 2. The lowest BCUT2D eigenvalue weighted by atomic mass is 10.0. The molecule has 0 radical (unpaired) electrons. The Labute approximate surface area is 101 Å².